The van der Waals surface area contributed by atoms with Crippen LogP contribution in [-0.4, -0.2) is 20.4 Å². The van der Waals surface area contributed by atoms with Crippen LogP contribution in [0.5, 0.6) is 0 Å². The van der Waals surface area contributed by atoms with E-state index in [1.165, 1.54) is 11.3 Å². The molecule has 2 aromatic rings. The van der Waals surface area contributed by atoms with Crippen LogP contribution in [0.1, 0.15) is 16.1 Å². The largest absolute Gasteiger partial charge is 0.315 e. The molecule has 0 unspecified atom stereocenters. The normalized spacial score (nSPS) is 11.7. The third kappa shape index (κ3) is 3.86. The van der Waals surface area contributed by atoms with Gasteiger partial charge in [-0.05, 0) is 37.7 Å². The third-order valence-electron chi connectivity index (χ3n) is 2.69. The first kappa shape index (κ1) is 15.1. The van der Waals surface area contributed by atoms with Gasteiger partial charge in [-0.2, -0.15) is 0 Å². The molecular formula is C13H17N3O2S2. The second kappa shape index (κ2) is 6.45. The molecular weight excluding hydrogens is 294 g/mol. The van der Waals surface area contributed by atoms with Crippen molar-refractivity contribution in [1.29, 1.82) is 0 Å². The van der Waals surface area contributed by atoms with E-state index in [2.05, 4.69) is 15.0 Å². The SMILES string of the molecule is CNCc1ccc(S(=O)(=O)NCc2ccc(C)nc2)s1. The average molecular weight is 311 g/mol. The Morgan fingerprint density at radius 2 is 2.00 bits per heavy atom. The van der Waals surface area contributed by atoms with Gasteiger partial charge in [-0.1, -0.05) is 6.07 Å². The molecule has 2 aromatic heterocycles. The summed E-state index contributed by atoms with van der Waals surface area (Å²) < 4.78 is 27.2. The van der Waals surface area contributed by atoms with Crippen LogP contribution in [0.3, 0.4) is 0 Å². The molecule has 0 spiro atoms. The molecule has 0 aliphatic rings. The van der Waals surface area contributed by atoms with Crippen LogP contribution in [-0.2, 0) is 23.1 Å². The van der Waals surface area contributed by atoms with Gasteiger partial charge >= 0.3 is 0 Å². The van der Waals surface area contributed by atoms with Crippen LogP contribution in [0.15, 0.2) is 34.7 Å². The summed E-state index contributed by atoms with van der Waals surface area (Å²) in [6.45, 7) is 2.81. The molecule has 0 aromatic carbocycles. The number of aromatic nitrogens is 1. The number of hydrogen-bond acceptors (Lipinski definition) is 5. The van der Waals surface area contributed by atoms with Gasteiger partial charge in [-0.3, -0.25) is 4.98 Å². The number of pyridine rings is 1. The van der Waals surface area contributed by atoms with Crippen LogP contribution in [0.25, 0.3) is 0 Å². The zero-order chi connectivity index (χ0) is 14.6. The second-order valence-electron chi connectivity index (χ2n) is 4.38. The summed E-state index contributed by atoms with van der Waals surface area (Å²) in [5, 5.41) is 3.00. The Balaban J connectivity index is 2.04. The molecule has 0 bridgehead atoms. The topological polar surface area (TPSA) is 71.1 Å². The van der Waals surface area contributed by atoms with Crippen LogP contribution in [0.4, 0.5) is 0 Å². The molecule has 0 atom stereocenters. The fraction of sp³-hybridized carbons (Fsp3) is 0.308. The summed E-state index contributed by atoms with van der Waals surface area (Å²) in [7, 11) is -1.62. The summed E-state index contributed by atoms with van der Waals surface area (Å²) in [5.41, 5.74) is 1.75. The van der Waals surface area contributed by atoms with Crippen LogP contribution in [0.2, 0.25) is 0 Å². The zero-order valence-electron chi connectivity index (χ0n) is 11.4. The summed E-state index contributed by atoms with van der Waals surface area (Å²) in [6.07, 6.45) is 1.68. The molecule has 2 N–H and O–H groups in total. The van der Waals surface area contributed by atoms with Gasteiger partial charge in [0.05, 0.1) is 0 Å². The Morgan fingerprint density at radius 1 is 1.20 bits per heavy atom. The molecule has 2 rings (SSSR count). The molecule has 2 heterocycles. The molecule has 108 valence electrons. The molecule has 0 saturated carbocycles. The quantitative estimate of drug-likeness (QED) is 0.851. The van der Waals surface area contributed by atoms with E-state index in [1.54, 1.807) is 12.3 Å². The van der Waals surface area contributed by atoms with Crippen molar-refractivity contribution in [2.75, 3.05) is 7.05 Å². The van der Waals surface area contributed by atoms with E-state index in [0.717, 1.165) is 16.1 Å². The van der Waals surface area contributed by atoms with Gasteiger partial charge in [0, 0.05) is 29.9 Å². The van der Waals surface area contributed by atoms with Crippen molar-refractivity contribution in [2.45, 2.75) is 24.2 Å². The van der Waals surface area contributed by atoms with E-state index in [0.29, 0.717) is 10.8 Å². The van der Waals surface area contributed by atoms with Gasteiger partial charge in [-0.15, -0.1) is 11.3 Å². The molecule has 0 aliphatic carbocycles. The fourth-order valence-corrected chi connectivity index (χ4v) is 4.05. The molecule has 5 nitrogen and oxygen atoms in total. The Hall–Kier alpha value is -1.28. The molecule has 0 saturated heterocycles. The van der Waals surface area contributed by atoms with Gasteiger partial charge in [-0.25, -0.2) is 13.1 Å². The lowest BCUT2D eigenvalue weighted by atomic mass is 10.2. The predicted molar refractivity (Wildman–Crippen MR) is 80.1 cm³/mol. The first-order chi connectivity index (χ1) is 9.51. The van der Waals surface area contributed by atoms with Gasteiger partial charge in [0.25, 0.3) is 0 Å². The molecule has 7 heteroatoms. The highest BCUT2D eigenvalue weighted by Crippen LogP contribution is 2.21. The van der Waals surface area contributed by atoms with Gasteiger partial charge in [0.15, 0.2) is 0 Å². The highest BCUT2D eigenvalue weighted by Gasteiger charge is 2.16. The van der Waals surface area contributed by atoms with Crippen LogP contribution < -0.4 is 10.0 Å². The van der Waals surface area contributed by atoms with Crippen molar-refractivity contribution < 1.29 is 8.42 Å². The number of nitrogens with zero attached hydrogens (tertiary/aromatic N) is 1. The molecule has 0 fully saturated rings. The van der Waals surface area contributed by atoms with Gasteiger partial charge < -0.3 is 5.32 Å². The minimum absolute atomic E-state index is 0.245. The smallest absolute Gasteiger partial charge is 0.250 e. The average Bonchev–Trinajstić information content (AvgIpc) is 2.88. The maximum atomic E-state index is 12.1. The van der Waals surface area contributed by atoms with E-state index in [9.17, 15) is 8.42 Å². The fourth-order valence-electron chi connectivity index (χ4n) is 1.62. The summed E-state index contributed by atoms with van der Waals surface area (Å²) in [5.74, 6) is 0. The molecule has 0 aliphatic heterocycles. The lowest BCUT2D eigenvalue weighted by molar-refractivity contribution is 0.583. The highest BCUT2D eigenvalue weighted by molar-refractivity contribution is 7.91. The van der Waals surface area contributed by atoms with Crippen molar-refractivity contribution >= 4 is 21.4 Å². The van der Waals surface area contributed by atoms with Crippen molar-refractivity contribution in [1.82, 2.24) is 15.0 Å². The first-order valence-corrected chi connectivity index (χ1v) is 8.46. The lowest BCUT2D eigenvalue weighted by Crippen LogP contribution is -2.22. The van der Waals surface area contributed by atoms with E-state index in [4.69, 9.17) is 0 Å². The summed E-state index contributed by atoms with van der Waals surface area (Å²) in [4.78, 5) is 5.13. The van der Waals surface area contributed by atoms with E-state index in [-0.39, 0.29) is 6.54 Å². The number of thiophene rings is 1. The van der Waals surface area contributed by atoms with Crippen molar-refractivity contribution in [2.24, 2.45) is 0 Å². The van der Waals surface area contributed by atoms with E-state index >= 15 is 0 Å². The first-order valence-electron chi connectivity index (χ1n) is 6.16. The molecule has 0 radical (unpaired) electrons. The summed E-state index contributed by atoms with van der Waals surface area (Å²) in [6, 6.07) is 7.18. The van der Waals surface area contributed by atoms with Crippen molar-refractivity contribution in [3.63, 3.8) is 0 Å². The van der Waals surface area contributed by atoms with Crippen LogP contribution in [0, 0.1) is 6.92 Å². The maximum absolute atomic E-state index is 12.1. The van der Waals surface area contributed by atoms with Gasteiger partial charge in [0.1, 0.15) is 4.21 Å². The number of rotatable bonds is 6. The second-order valence-corrected chi connectivity index (χ2v) is 7.55. The minimum atomic E-state index is -3.45. The Kier molecular flexibility index (Phi) is 4.87. The Bertz CT molecular complexity index is 663. The monoisotopic (exact) mass is 311 g/mol. The number of sulfonamides is 1. The van der Waals surface area contributed by atoms with Crippen molar-refractivity contribution in [3.8, 4) is 0 Å². The number of aryl methyl sites for hydroxylation is 1. The number of nitrogens with one attached hydrogen (secondary N) is 2. The zero-order valence-corrected chi connectivity index (χ0v) is 13.0. The van der Waals surface area contributed by atoms with Crippen LogP contribution >= 0.6 is 11.3 Å². The predicted octanol–water partition coefficient (Wildman–Crippen LogP) is 1.65. The third-order valence-corrected chi connectivity index (χ3v) is 5.67. The Labute approximate surface area is 123 Å². The molecule has 20 heavy (non-hydrogen) atoms. The van der Waals surface area contributed by atoms with Crippen molar-refractivity contribution in [3.05, 3.63) is 46.6 Å². The van der Waals surface area contributed by atoms with E-state index in [1.807, 2.05) is 32.2 Å². The number of hydrogen-bond donors (Lipinski definition) is 2. The highest BCUT2D eigenvalue weighted by atomic mass is 32.2. The summed E-state index contributed by atoms with van der Waals surface area (Å²) >= 11 is 1.27. The molecule has 0 amide bonds. The Morgan fingerprint density at radius 3 is 2.65 bits per heavy atom. The minimum Gasteiger partial charge on any atom is -0.315 e. The maximum Gasteiger partial charge on any atom is 0.250 e. The van der Waals surface area contributed by atoms with E-state index < -0.39 is 10.0 Å². The standard InChI is InChI=1S/C13H17N3O2S2/c1-10-3-4-11(7-15-10)8-16-20(17,18)13-6-5-12(19-13)9-14-2/h3-7,14,16H,8-9H2,1-2H3. The van der Waals surface area contributed by atoms with Gasteiger partial charge in [0.2, 0.25) is 10.0 Å². The lowest BCUT2D eigenvalue weighted by Gasteiger charge is -2.05.